The van der Waals surface area contributed by atoms with Gasteiger partial charge in [0.15, 0.2) is 5.96 Å². The summed E-state index contributed by atoms with van der Waals surface area (Å²) in [5.74, 6) is 1.18. The zero-order valence-corrected chi connectivity index (χ0v) is 16.9. The summed E-state index contributed by atoms with van der Waals surface area (Å²) >= 11 is 0. The van der Waals surface area contributed by atoms with E-state index in [4.69, 9.17) is 0 Å². The van der Waals surface area contributed by atoms with E-state index in [0.717, 1.165) is 18.8 Å². The summed E-state index contributed by atoms with van der Waals surface area (Å²) in [7, 11) is 1.71. The number of hydrogen-bond acceptors (Lipinski definition) is 3. The van der Waals surface area contributed by atoms with Crippen molar-refractivity contribution in [1.82, 2.24) is 20.2 Å². The van der Waals surface area contributed by atoms with Crippen molar-refractivity contribution in [2.75, 3.05) is 25.5 Å². The van der Waals surface area contributed by atoms with Crippen molar-refractivity contribution in [2.45, 2.75) is 19.9 Å². The molecule has 0 fully saturated rings. The van der Waals surface area contributed by atoms with Gasteiger partial charge in [-0.25, -0.2) is 4.98 Å². The van der Waals surface area contributed by atoms with Crippen LogP contribution in [0.15, 0.2) is 47.7 Å². The molecule has 1 amide bonds. The normalized spacial score (nSPS) is 10.7. The summed E-state index contributed by atoms with van der Waals surface area (Å²) in [6.07, 6.45) is 4.37. The molecule has 8 heteroatoms. The van der Waals surface area contributed by atoms with Gasteiger partial charge < -0.3 is 20.5 Å². The van der Waals surface area contributed by atoms with E-state index in [2.05, 4.69) is 30.5 Å². The van der Waals surface area contributed by atoms with Crippen LogP contribution in [0, 0.1) is 6.92 Å². The Labute approximate surface area is 165 Å². The lowest BCUT2D eigenvalue weighted by molar-refractivity contribution is -0.116. The lowest BCUT2D eigenvalue weighted by Gasteiger charge is -2.12. The molecule has 2 rings (SSSR count). The van der Waals surface area contributed by atoms with E-state index < -0.39 is 0 Å². The molecular formula is C17H25IN6O. The first-order chi connectivity index (χ1) is 11.7. The van der Waals surface area contributed by atoms with E-state index in [0.29, 0.717) is 24.7 Å². The number of guanidine groups is 1. The summed E-state index contributed by atoms with van der Waals surface area (Å²) in [6.45, 7) is 4.00. The van der Waals surface area contributed by atoms with E-state index >= 15 is 0 Å². The van der Waals surface area contributed by atoms with Gasteiger partial charge in [-0.1, -0.05) is 6.07 Å². The molecule has 2 aromatic rings. The van der Waals surface area contributed by atoms with Gasteiger partial charge in [-0.05, 0) is 31.2 Å². The highest BCUT2D eigenvalue weighted by molar-refractivity contribution is 14.0. The van der Waals surface area contributed by atoms with Crippen LogP contribution in [-0.2, 0) is 11.3 Å². The van der Waals surface area contributed by atoms with Gasteiger partial charge in [0, 0.05) is 51.2 Å². The second-order valence-corrected chi connectivity index (χ2v) is 5.31. The van der Waals surface area contributed by atoms with Crippen LogP contribution in [0.1, 0.15) is 12.1 Å². The van der Waals surface area contributed by atoms with Gasteiger partial charge >= 0.3 is 0 Å². The Balaban J connectivity index is 0.00000312. The average Bonchev–Trinajstić information content (AvgIpc) is 3.06. The average molecular weight is 456 g/mol. The van der Waals surface area contributed by atoms with Crippen LogP contribution >= 0.6 is 24.0 Å². The van der Waals surface area contributed by atoms with Gasteiger partial charge in [0.05, 0.1) is 0 Å². The number of anilines is 1. The van der Waals surface area contributed by atoms with Crippen LogP contribution in [0.3, 0.4) is 0 Å². The molecule has 0 aliphatic rings. The van der Waals surface area contributed by atoms with Crippen molar-refractivity contribution in [1.29, 1.82) is 0 Å². The Morgan fingerprint density at radius 2 is 1.88 bits per heavy atom. The van der Waals surface area contributed by atoms with Gasteiger partial charge in [-0.3, -0.25) is 9.79 Å². The Kier molecular flexibility index (Phi) is 9.60. The molecule has 0 aromatic carbocycles. The van der Waals surface area contributed by atoms with E-state index in [9.17, 15) is 4.79 Å². The molecule has 0 aliphatic heterocycles. The van der Waals surface area contributed by atoms with Crippen molar-refractivity contribution < 1.29 is 4.79 Å². The smallest absolute Gasteiger partial charge is 0.227 e. The monoisotopic (exact) mass is 456 g/mol. The summed E-state index contributed by atoms with van der Waals surface area (Å²) in [6, 6.07) is 9.52. The van der Waals surface area contributed by atoms with Crippen LogP contribution in [0.2, 0.25) is 0 Å². The van der Waals surface area contributed by atoms with Gasteiger partial charge in [-0.15, -0.1) is 24.0 Å². The van der Waals surface area contributed by atoms with E-state index in [1.807, 2.05) is 43.6 Å². The number of hydrogen-bond donors (Lipinski definition) is 3. The van der Waals surface area contributed by atoms with Crippen molar-refractivity contribution in [3.8, 4) is 0 Å². The molecule has 0 saturated heterocycles. The van der Waals surface area contributed by atoms with E-state index in [-0.39, 0.29) is 29.9 Å². The molecule has 0 bridgehead atoms. The molecule has 0 saturated carbocycles. The highest BCUT2D eigenvalue weighted by atomic mass is 127. The molecule has 0 unspecified atom stereocenters. The summed E-state index contributed by atoms with van der Waals surface area (Å²) < 4.78 is 2.09. The van der Waals surface area contributed by atoms with Gasteiger partial charge in [0.2, 0.25) is 5.91 Å². The minimum atomic E-state index is -0.0802. The summed E-state index contributed by atoms with van der Waals surface area (Å²) in [5.41, 5.74) is 0.873. The number of nitrogens with one attached hydrogen (secondary N) is 3. The first-order valence-corrected chi connectivity index (χ1v) is 7.96. The molecule has 0 spiro atoms. The molecule has 2 aromatic heterocycles. The number of aryl methyl sites for hydroxylation is 1. The number of aromatic nitrogens is 2. The number of aliphatic imine (C=N–C) groups is 1. The third-order valence-corrected chi connectivity index (χ3v) is 3.35. The maximum Gasteiger partial charge on any atom is 0.227 e. The first kappa shape index (κ1) is 20.9. The second-order valence-electron chi connectivity index (χ2n) is 5.31. The van der Waals surface area contributed by atoms with Gasteiger partial charge in [0.25, 0.3) is 0 Å². The van der Waals surface area contributed by atoms with Crippen molar-refractivity contribution in [3.63, 3.8) is 0 Å². The number of pyridine rings is 1. The minimum Gasteiger partial charge on any atom is -0.356 e. The fraction of sp³-hybridized carbons (Fsp3) is 0.353. The largest absolute Gasteiger partial charge is 0.356 e. The fourth-order valence-electron chi connectivity index (χ4n) is 2.16. The standard InChI is InChI=1S/C17H24N6O.HI/c1-14-6-5-7-15(21-14)22-16(24)8-9-19-17(18-2)20-10-13-23-11-3-4-12-23;/h3-7,11-12H,8-10,13H2,1-2H3,(H2,18,19,20)(H,21,22,24);1H. The Hall–Kier alpha value is -2.10. The van der Waals surface area contributed by atoms with Crippen LogP contribution in [0.5, 0.6) is 0 Å². The predicted molar refractivity (Wildman–Crippen MR) is 111 cm³/mol. The second kappa shape index (κ2) is 11.5. The molecule has 0 radical (unpaired) electrons. The Morgan fingerprint density at radius 1 is 1.16 bits per heavy atom. The summed E-state index contributed by atoms with van der Waals surface area (Å²) in [4.78, 5) is 20.3. The third-order valence-electron chi connectivity index (χ3n) is 3.35. The Bertz CT molecular complexity index is 672. The lowest BCUT2D eigenvalue weighted by Crippen LogP contribution is -2.40. The zero-order valence-electron chi connectivity index (χ0n) is 14.5. The Morgan fingerprint density at radius 3 is 2.56 bits per heavy atom. The van der Waals surface area contributed by atoms with E-state index in [1.54, 1.807) is 13.1 Å². The molecule has 0 atom stereocenters. The highest BCUT2D eigenvalue weighted by Crippen LogP contribution is 2.03. The molecule has 3 N–H and O–H groups in total. The first-order valence-electron chi connectivity index (χ1n) is 7.96. The van der Waals surface area contributed by atoms with Crippen molar-refractivity contribution in [3.05, 3.63) is 48.4 Å². The molecule has 136 valence electrons. The number of nitrogens with zero attached hydrogens (tertiary/aromatic N) is 3. The quantitative estimate of drug-likeness (QED) is 0.338. The molecule has 0 aliphatic carbocycles. The van der Waals surface area contributed by atoms with Crippen molar-refractivity contribution in [2.24, 2.45) is 4.99 Å². The van der Waals surface area contributed by atoms with Crippen LogP contribution < -0.4 is 16.0 Å². The maximum atomic E-state index is 11.9. The van der Waals surface area contributed by atoms with Gasteiger partial charge in [-0.2, -0.15) is 0 Å². The van der Waals surface area contributed by atoms with E-state index in [1.165, 1.54) is 0 Å². The number of amides is 1. The SMILES string of the molecule is CN=C(NCCC(=O)Nc1cccc(C)n1)NCCn1cccc1.I. The highest BCUT2D eigenvalue weighted by Gasteiger charge is 2.04. The summed E-state index contributed by atoms with van der Waals surface area (Å²) in [5, 5.41) is 9.12. The topological polar surface area (TPSA) is 83.3 Å². The zero-order chi connectivity index (χ0) is 17.2. The van der Waals surface area contributed by atoms with Crippen LogP contribution in [0.4, 0.5) is 5.82 Å². The number of rotatable bonds is 7. The fourth-order valence-corrected chi connectivity index (χ4v) is 2.16. The molecular weight excluding hydrogens is 431 g/mol. The number of carbonyl (C=O) groups is 1. The van der Waals surface area contributed by atoms with Crippen LogP contribution in [-0.4, -0.2) is 41.6 Å². The number of halogens is 1. The van der Waals surface area contributed by atoms with Crippen molar-refractivity contribution >= 4 is 41.7 Å². The predicted octanol–water partition coefficient (Wildman–Crippen LogP) is 2.00. The molecule has 2 heterocycles. The molecule has 7 nitrogen and oxygen atoms in total. The minimum absolute atomic E-state index is 0. The maximum absolute atomic E-state index is 11.9. The number of carbonyl (C=O) groups excluding carboxylic acids is 1. The lowest BCUT2D eigenvalue weighted by atomic mass is 10.3. The third kappa shape index (κ3) is 8.01. The van der Waals surface area contributed by atoms with Gasteiger partial charge in [0.1, 0.15) is 5.82 Å². The molecule has 25 heavy (non-hydrogen) atoms. The van der Waals surface area contributed by atoms with Crippen LogP contribution in [0.25, 0.3) is 0 Å².